The van der Waals surface area contributed by atoms with Crippen LogP contribution in [0.25, 0.3) is 0 Å². The summed E-state index contributed by atoms with van der Waals surface area (Å²) < 4.78 is 0. The number of rotatable bonds is 4. The van der Waals surface area contributed by atoms with Gasteiger partial charge in [-0.2, -0.15) is 0 Å². The Morgan fingerprint density at radius 1 is 1.16 bits per heavy atom. The summed E-state index contributed by atoms with van der Waals surface area (Å²) in [4.78, 5) is 24.3. The van der Waals surface area contributed by atoms with E-state index in [4.69, 9.17) is 11.6 Å². The lowest BCUT2D eigenvalue weighted by molar-refractivity contribution is -0.128. The molecule has 1 saturated carbocycles. The monoisotopic (exact) mass is 364 g/mol. The SMILES string of the molecule is Cc1ccc(NC(=O)CNC(=O)C2CCC(C(C)(C)C)CC2)c(Cl)c1. The van der Waals surface area contributed by atoms with Crippen molar-refractivity contribution >= 4 is 29.1 Å². The van der Waals surface area contributed by atoms with Crippen molar-refractivity contribution in [1.29, 1.82) is 0 Å². The Kier molecular flexibility index (Phi) is 6.50. The van der Waals surface area contributed by atoms with Crippen LogP contribution in [0.4, 0.5) is 5.69 Å². The van der Waals surface area contributed by atoms with E-state index in [-0.39, 0.29) is 24.3 Å². The average Bonchev–Trinajstić information content (AvgIpc) is 2.54. The van der Waals surface area contributed by atoms with Crippen molar-refractivity contribution in [2.24, 2.45) is 17.3 Å². The molecular formula is C20H29ClN2O2. The molecule has 0 bridgehead atoms. The van der Waals surface area contributed by atoms with E-state index in [0.29, 0.717) is 22.0 Å². The van der Waals surface area contributed by atoms with Crippen molar-refractivity contribution in [2.45, 2.75) is 53.4 Å². The molecule has 1 aromatic rings. The van der Waals surface area contributed by atoms with E-state index < -0.39 is 0 Å². The third-order valence-corrected chi connectivity index (χ3v) is 5.46. The molecule has 138 valence electrons. The van der Waals surface area contributed by atoms with Gasteiger partial charge < -0.3 is 10.6 Å². The Labute approximate surface area is 155 Å². The molecule has 1 aromatic carbocycles. The second kappa shape index (κ2) is 8.22. The molecule has 1 aliphatic carbocycles. The first kappa shape index (κ1) is 19.8. The van der Waals surface area contributed by atoms with Crippen LogP contribution < -0.4 is 10.6 Å². The molecule has 2 N–H and O–H groups in total. The fourth-order valence-electron chi connectivity index (χ4n) is 3.45. The molecule has 25 heavy (non-hydrogen) atoms. The topological polar surface area (TPSA) is 58.2 Å². The van der Waals surface area contributed by atoms with Crippen LogP contribution in [0, 0.1) is 24.2 Å². The lowest BCUT2D eigenvalue weighted by Crippen LogP contribution is -2.39. The van der Waals surface area contributed by atoms with Crippen molar-refractivity contribution in [3.63, 3.8) is 0 Å². The largest absolute Gasteiger partial charge is 0.347 e. The first-order valence-electron chi connectivity index (χ1n) is 9.00. The zero-order valence-electron chi connectivity index (χ0n) is 15.6. The summed E-state index contributed by atoms with van der Waals surface area (Å²) in [7, 11) is 0. The zero-order chi connectivity index (χ0) is 18.6. The Balaban J connectivity index is 1.77. The van der Waals surface area contributed by atoms with E-state index in [2.05, 4.69) is 31.4 Å². The lowest BCUT2D eigenvalue weighted by Gasteiger charge is -2.36. The Hall–Kier alpha value is -1.55. The molecule has 0 radical (unpaired) electrons. The third-order valence-electron chi connectivity index (χ3n) is 5.14. The molecule has 0 aliphatic heterocycles. The van der Waals surface area contributed by atoms with Crippen LogP contribution in [0.1, 0.15) is 52.0 Å². The van der Waals surface area contributed by atoms with Crippen molar-refractivity contribution in [2.75, 3.05) is 11.9 Å². The highest BCUT2D eigenvalue weighted by Gasteiger charge is 2.32. The van der Waals surface area contributed by atoms with E-state index in [0.717, 1.165) is 31.2 Å². The van der Waals surface area contributed by atoms with Crippen LogP contribution in [-0.4, -0.2) is 18.4 Å². The van der Waals surface area contributed by atoms with Gasteiger partial charge in [-0.05, 0) is 61.6 Å². The first-order valence-corrected chi connectivity index (χ1v) is 9.38. The highest BCUT2D eigenvalue weighted by Crippen LogP contribution is 2.39. The molecule has 0 spiro atoms. The van der Waals surface area contributed by atoms with Crippen LogP contribution in [-0.2, 0) is 9.59 Å². The number of aryl methyl sites for hydroxylation is 1. The van der Waals surface area contributed by atoms with Gasteiger partial charge in [0.25, 0.3) is 0 Å². The Bertz CT molecular complexity index is 629. The van der Waals surface area contributed by atoms with Gasteiger partial charge in [0, 0.05) is 5.92 Å². The minimum atomic E-state index is -0.262. The minimum Gasteiger partial charge on any atom is -0.347 e. The third kappa shape index (κ3) is 5.74. The summed E-state index contributed by atoms with van der Waals surface area (Å²) in [6, 6.07) is 5.45. The normalized spacial score (nSPS) is 20.8. The van der Waals surface area contributed by atoms with Gasteiger partial charge in [-0.25, -0.2) is 0 Å². The van der Waals surface area contributed by atoms with Crippen molar-refractivity contribution in [3.05, 3.63) is 28.8 Å². The average molecular weight is 365 g/mol. The van der Waals surface area contributed by atoms with Crippen LogP contribution >= 0.6 is 11.6 Å². The van der Waals surface area contributed by atoms with Gasteiger partial charge in [0.15, 0.2) is 0 Å². The summed E-state index contributed by atoms with van der Waals surface area (Å²) in [5.41, 5.74) is 1.90. The number of amides is 2. The molecule has 0 atom stereocenters. The van der Waals surface area contributed by atoms with E-state index >= 15 is 0 Å². The molecule has 2 rings (SSSR count). The maximum Gasteiger partial charge on any atom is 0.243 e. The van der Waals surface area contributed by atoms with Crippen molar-refractivity contribution < 1.29 is 9.59 Å². The second-order valence-electron chi connectivity index (χ2n) is 8.16. The van der Waals surface area contributed by atoms with Crippen LogP contribution in [0.2, 0.25) is 5.02 Å². The van der Waals surface area contributed by atoms with Gasteiger partial charge in [0.2, 0.25) is 11.8 Å². The lowest BCUT2D eigenvalue weighted by atomic mass is 9.70. The minimum absolute atomic E-state index is 0.0162. The van der Waals surface area contributed by atoms with E-state index in [1.165, 1.54) is 0 Å². The number of carbonyl (C=O) groups is 2. The van der Waals surface area contributed by atoms with Gasteiger partial charge in [-0.15, -0.1) is 0 Å². The molecule has 5 heteroatoms. The van der Waals surface area contributed by atoms with Crippen molar-refractivity contribution in [1.82, 2.24) is 5.32 Å². The van der Waals surface area contributed by atoms with Crippen molar-refractivity contribution in [3.8, 4) is 0 Å². The number of hydrogen-bond acceptors (Lipinski definition) is 2. The molecule has 0 unspecified atom stereocenters. The Morgan fingerprint density at radius 3 is 2.36 bits per heavy atom. The maximum absolute atomic E-state index is 12.3. The van der Waals surface area contributed by atoms with E-state index in [1.807, 2.05) is 13.0 Å². The molecule has 0 heterocycles. The summed E-state index contributed by atoms with van der Waals surface area (Å²) in [5, 5.41) is 6.00. The second-order valence-corrected chi connectivity index (χ2v) is 8.57. The highest BCUT2D eigenvalue weighted by molar-refractivity contribution is 6.33. The van der Waals surface area contributed by atoms with Crippen LogP contribution in [0.5, 0.6) is 0 Å². The fourth-order valence-corrected chi connectivity index (χ4v) is 3.73. The fraction of sp³-hybridized carbons (Fsp3) is 0.600. The number of benzene rings is 1. The quantitative estimate of drug-likeness (QED) is 0.823. The van der Waals surface area contributed by atoms with Gasteiger partial charge in [-0.3, -0.25) is 9.59 Å². The summed E-state index contributed by atoms with van der Waals surface area (Å²) in [6.45, 7) is 8.70. The maximum atomic E-state index is 12.3. The predicted molar refractivity (Wildman–Crippen MR) is 103 cm³/mol. The van der Waals surface area contributed by atoms with Crippen LogP contribution in [0.15, 0.2) is 18.2 Å². The van der Waals surface area contributed by atoms with Gasteiger partial charge in [0.1, 0.15) is 0 Å². The van der Waals surface area contributed by atoms with Crippen LogP contribution in [0.3, 0.4) is 0 Å². The predicted octanol–water partition coefficient (Wildman–Crippen LogP) is 4.56. The number of halogens is 1. The number of anilines is 1. The van der Waals surface area contributed by atoms with Gasteiger partial charge in [0.05, 0.1) is 17.3 Å². The molecule has 1 aliphatic rings. The molecular weight excluding hydrogens is 336 g/mol. The summed E-state index contributed by atoms with van der Waals surface area (Å²) >= 11 is 6.11. The molecule has 0 aromatic heterocycles. The molecule has 2 amide bonds. The summed E-state index contributed by atoms with van der Waals surface area (Å²) in [6.07, 6.45) is 3.96. The Morgan fingerprint density at radius 2 is 1.80 bits per heavy atom. The first-order chi connectivity index (χ1) is 11.7. The van der Waals surface area contributed by atoms with E-state index in [1.54, 1.807) is 12.1 Å². The number of hydrogen-bond donors (Lipinski definition) is 2. The van der Waals surface area contributed by atoms with E-state index in [9.17, 15) is 9.59 Å². The van der Waals surface area contributed by atoms with Gasteiger partial charge >= 0.3 is 0 Å². The standard InChI is InChI=1S/C20H29ClN2O2/c1-13-5-10-17(16(21)11-13)23-18(24)12-22-19(25)14-6-8-15(9-7-14)20(2,3)4/h5,10-11,14-15H,6-9,12H2,1-4H3,(H,22,25)(H,23,24). The number of carbonyl (C=O) groups excluding carboxylic acids is 2. The zero-order valence-corrected chi connectivity index (χ0v) is 16.4. The molecule has 0 saturated heterocycles. The smallest absolute Gasteiger partial charge is 0.243 e. The molecule has 1 fully saturated rings. The number of nitrogens with one attached hydrogen (secondary N) is 2. The molecule has 4 nitrogen and oxygen atoms in total. The highest BCUT2D eigenvalue weighted by atomic mass is 35.5. The summed E-state index contributed by atoms with van der Waals surface area (Å²) in [5.74, 6) is 0.415. The van der Waals surface area contributed by atoms with Gasteiger partial charge in [-0.1, -0.05) is 38.4 Å².